The van der Waals surface area contributed by atoms with Crippen LogP contribution in [0, 0.1) is 6.92 Å². The number of nitrogens with one attached hydrogen (secondary N) is 1. The fraction of sp³-hybridized carbons (Fsp3) is 0.182. The molecule has 2 rings (SSSR count). The molecule has 0 aromatic carbocycles. The molecule has 3 N–H and O–H groups in total. The zero-order valence-corrected chi connectivity index (χ0v) is 14.4. The SMILES string of the molecule is Cc1cc(C(=O)NCc2ccc(S(N)(=O)=O)s2)sc1Br. The number of hydrogen-bond acceptors (Lipinski definition) is 5. The van der Waals surface area contributed by atoms with Crippen LogP contribution in [0.3, 0.4) is 0 Å². The number of amides is 1. The van der Waals surface area contributed by atoms with Gasteiger partial charge in [0, 0.05) is 4.88 Å². The van der Waals surface area contributed by atoms with Gasteiger partial charge >= 0.3 is 0 Å². The first-order chi connectivity index (χ1) is 9.27. The van der Waals surface area contributed by atoms with Crippen molar-refractivity contribution in [3.8, 4) is 0 Å². The number of carbonyl (C=O) groups is 1. The summed E-state index contributed by atoms with van der Waals surface area (Å²) in [6.07, 6.45) is 0. The standard InChI is InChI=1S/C11H11BrN2O3S3/c1-6-4-8(19-10(6)12)11(15)14-5-7-2-3-9(18-7)20(13,16)17/h2-4H,5H2,1H3,(H,14,15)(H2,13,16,17). The molecule has 1 amide bonds. The first kappa shape index (κ1) is 15.6. The molecule has 2 aromatic rings. The Bertz CT molecular complexity index is 729. The lowest BCUT2D eigenvalue weighted by atomic mass is 10.3. The third kappa shape index (κ3) is 3.67. The molecule has 0 unspecified atom stereocenters. The highest BCUT2D eigenvalue weighted by Crippen LogP contribution is 2.27. The largest absolute Gasteiger partial charge is 0.346 e. The van der Waals surface area contributed by atoms with Gasteiger partial charge < -0.3 is 5.32 Å². The molecule has 0 fully saturated rings. The molecular formula is C11H11BrN2O3S3. The third-order valence-corrected chi connectivity index (χ3v) is 7.08. The van der Waals surface area contributed by atoms with Crippen LogP contribution in [-0.4, -0.2) is 14.3 Å². The Kier molecular flexibility index (Phi) is 4.65. The van der Waals surface area contributed by atoms with E-state index < -0.39 is 10.0 Å². The van der Waals surface area contributed by atoms with Crippen LogP contribution in [0.2, 0.25) is 0 Å². The monoisotopic (exact) mass is 394 g/mol. The van der Waals surface area contributed by atoms with Crippen LogP contribution in [0.15, 0.2) is 26.2 Å². The summed E-state index contributed by atoms with van der Waals surface area (Å²) in [6, 6.07) is 4.88. The first-order valence-electron chi connectivity index (χ1n) is 5.43. The number of hydrogen-bond donors (Lipinski definition) is 2. The van der Waals surface area contributed by atoms with Crippen LogP contribution in [0.1, 0.15) is 20.1 Å². The molecule has 108 valence electrons. The molecule has 2 aromatic heterocycles. The number of primary sulfonamides is 1. The second-order valence-corrected chi connectivity index (χ2v) is 9.34. The Hall–Kier alpha value is -0.740. The van der Waals surface area contributed by atoms with Crippen molar-refractivity contribution < 1.29 is 13.2 Å². The van der Waals surface area contributed by atoms with Crippen molar-refractivity contribution in [3.63, 3.8) is 0 Å². The van der Waals surface area contributed by atoms with E-state index in [9.17, 15) is 13.2 Å². The molecule has 0 bridgehead atoms. The van der Waals surface area contributed by atoms with E-state index >= 15 is 0 Å². The first-order valence-corrected chi connectivity index (χ1v) is 9.40. The Labute approximate surface area is 133 Å². The quantitative estimate of drug-likeness (QED) is 0.834. The van der Waals surface area contributed by atoms with Gasteiger partial charge in [-0.2, -0.15) is 0 Å². The second-order valence-electron chi connectivity index (χ2n) is 4.02. The van der Waals surface area contributed by atoms with E-state index in [2.05, 4.69) is 21.2 Å². The number of sulfonamides is 1. The molecule has 0 aliphatic heterocycles. The van der Waals surface area contributed by atoms with Crippen molar-refractivity contribution in [2.24, 2.45) is 5.14 Å². The van der Waals surface area contributed by atoms with Crippen LogP contribution in [0.25, 0.3) is 0 Å². The molecule has 0 saturated carbocycles. The van der Waals surface area contributed by atoms with E-state index in [1.807, 2.05) is 6.92 Å². The second kappa shape index (κ2) is 5.94. The molecule has 2 heterocycles. The fourth-order valence-electron chi connectivity index (χ4n) is 1.43. The molecule has 9 heteroatoms. The van der Waals surface area contributed by atoms with Crippen molar-refractivity contribution in [2.75, 3.05) is 0 Å². The highest BCUT2D eigenvalue weighted by molar-refractivity contribution is 9.11. The average Bonchev–Trinajstić information content (AvgIpc) is 2.94. The van der Waals surface area contributed by atoms with Gasteiger partial charge in [-0.05, 0) is 46.6 Å². The van der Waals surface area contributed by atoms with E-state index in [0.717, 1.165) is 25.6 Å². The Morgan fingerprint density at radius 2 is 2.10 bits per heavy atom. The number of nitrogens with two attached hydrogens (primary N) is 1. The van der Waals surface area contributed by atoms with Gasteiger partial charge in [0.1, 0.15) is 4.21 Å². The summed E-state index contributed by atoms with van der Waals surface area (Å²) in [6.45, 7) is 2.18. The van der Waals surface area contributed by atoms with Crippen molar-refractivity contribution in [1.82, 2.24) is 5.32 Å². The van der Waals surface area contributed by atoms with Crippen molar-refractivity contribution in [1.29, 1.82) is 0 Å². The van der Waals surface area contributed by atoms with Gasteiger partial charge in [0.15, 0.2) is 0 Å². The van der Waals surface area contributed by atoms with E-state index in [-0.39, 0.29) is 16.7 Å². The van der Waals surface area contributed by atoms with E-state index in [1.165, 1.54) is 17.4 Å². The zero-order valence-electron chi connectivity index (χ0n) is 10.3. The molecule has 20 heavy (non-hydrogen) atoms. The van der Waals surface area contributed by atoms with Gasteiger partial charge in [-0.25, -0.2) is 13.6 Å². The van der Waals surface area contributed by atoms with Crippen molar-refractivity contribution >= 4 is 54.5 Å². The van der Waals surface area contributed by atoms with Gasteiger partial charge in [-0.15, -0.1) is 22.7 Å². The van der Waals surface area contributed by atoms with Crippen LogP contribution < -0.4 is 10.5 Å². The van der Waals surface area contributed by atoms with Gasteiger partial charge in [0.05, 0.1) is 15.2 Å². The summed E-state index contributed by atoms with van der Waals surface area (Å²) in [7, 11) is -3.67. The number of thiophene rings is 2. The number of aryl methyl sites for hydroxylation is 1. The number of halogens is 1. The number of carbonyl (C=O) groups excluding carboxylic acids is 1. The Morgan fingerprint density at radius 1 is 1.40 bits per heavy atom. The average molecular weight is 395 g/mol. The third-order valence-electron chi connectivity index (χ3n) is 2.42. The van der Waals surface area contributed by atoms with Crippen molar-refractivity contribution in [2.45, 2.75) is 17.7 Å². The van der Waals surface area contributed by atoms with Gasteiger partial charge in [0.25, 0.3) is 5.91 Å². The number of rotatable bonds is 4. The summed E-state index contributed by atoms with van der Waals surface area (Å²) in [5.74, 6) is -0.186. The summed E-state index contributed by atoms with van der Waals surface area (Å²) in [5.41, 5.74) is 1.01. The minimum absolute atomic E-state index is 0.0939. The zero-order chi connectivity index (χ0) is 14.9. The summed E-state index contributed by atoms with van der Waals surface area (Å²) < 4.78 is 23.3. The molecule has 0 aliphatic rings. The molecule has 0 spiro atoms. The topological polar surface area (TPSA) is 89.3 Å². The van der Waals surface area contributed by atoms with E-state index in [4.69, 9.17) is 5.14 Å². The fourth-order valence-corrected chi connectivity index (χ4v) is 4.60. The predicted octanol–water partition coefficient (Wildman–Crippen LogP) is 2.46. The smallest absolute Gasteiger partial charge is 0.261 e. The maximum Gasteiger partial charge on any atom is 0.261 e. The predicted molar refractivity (Wildman–Crippen MR) is 83.6 cm³/mol. The van der Waals surface area contributed by atoms with Crippen LogP contribution in [-0.2, 0) is 16.6 Å². The summed E-state index contributed by atoms with van der Waals surface area (Å²) in [5, 5.41) is 7.77. The van der Waals surface area contributed by atoms with E-state index in [1.54, 1.807) is 12.1 Å². The van der Waals surface area contributed by atoms with Gasteiger partial charge in [0.2, 0.25) is 10.0 Å². The molecule has 5 nitrogen and oxygen atoms in total. The molecule has 0 saturated heterocycles. The lowest BCUT2D eigenvalue weighted by Crippen LogP contribution is -2.21. The van der Waals surface area contributed by atoms with Crippen molar-refractivity contribution in [3.05, 3.63) is 37.3 Å². The summed E-state index contributed by atoms with van der Waals surface area (Å²) >= 11 is 5.78. The highest BCUT2D eigenvalue weighted by atomic mass is 79.9. The minimum atomic E-state index is -3.67. The lowest BCUT2D eigenvalue weighted by Gasteiger charge is -2.00. The summed E-state index contributed by atoms with van der Waals surface area (Å²) in [4.78, 5) is 13.3. The molecular weight excluding hydrogens is 384 g/mol. The minimum Gasteiger partial charge on any atom is -0.346 e. The van der Waals surface area contributed by atoms with Gasteiger partial charge in [-0.3, -0.25) is 4.79 Å². The Morgan fingerprint density at radius 3 is 2.60 bits per heavy atom. The van der Waals surface area contributed by atoms with Gasteiger partial charge in [-0.1, -0.05) is 0 Å². The van der Waals surface area contributed by atoms with E-state index in [0.29, 0.717) is 4.88 Å². The molecule has 0 atom stereocenters. The maximum absolute atomic E-state index is 11.9. The molecule has 0 radical (unpaired) electrons. The lowest BCUT2D eigenvalue weighted by molar-refractivity contribution is 0.0955. The highest BCUT2D eigenvalue weighted by Gasteiger charge is 2.13. The van der Waals surface area contributed by atoms with Crippen LogP contribution >= 0.6 is 38.6 Å². The van der Waals surface area contributed by atoms with Crippen LogP contribution in [0.4, 0.5) is 0 Å². The maximum atomic E-state index is 11.9. The van der Waals surface area contributed by atoms with Crippen LogP contribution in [0.5, 0.6) is 0 Å². The Balaban J connectivity index is 2.02. The normalized spacial score (nSPS) is 11.6. The molecule has 0 aliphatic carbocycles.